The van der Waals surface area contributed by atoms with Gasteiger partial charge >= 0.3 is 5.51 Å². The molecule has 0 bridgehead atoms. The second-order valence-electron chi connectivity index (χ2n) is 4.21. The van der Waals surface area contributed by atoms with E-state index in [0.717, 1.165) is 5.56 Å². The molecular weight excluding hydrogens is 288 g/mol. The third kappa shape index (κ3) is 4.56. The van der Waals surface area contributed by atoms with Crippen LogP contribution in [-0.2, 0) is 12.8 Å². The Bertz CT molecular complexity index is 578. The quantitative estimate of drug-likeness (QED) is 0.564. The van der Waals surface area contributed by atoms with Crippen molar-refractivity contribution in [1.82, 2.24) is 0 Å². The maximum atomic E-state index is 13.0. The number of benzene rings is 2. The van der Waals surface area contributed by atoms with Gasteiger partial charge in [-0.05, 0) is 60.0 Å². The standard InChI is InChI=1S/C15H11F4S/c16-13-6-3-4-11(10-13)8-9-12-5-1-2-7-14(12)20-15(17,18)19/h1,3-7,10H,8-9H2. The van der Waals surface area contributed by atoms with E-state index in [2.05, 4.69) is 6.07 Å². The number of halogens is 4. The number of hydrogen-bond acceptors (Lipinski definition) is 1. The van der Waals surface area contributed by atoms with Crippen LogP contribution in [0.25, 0.3) is 0 Å². The zero-order valence-corrected chi connectivity index (χ0v) is 11.2. The molecule has 20 heavy (non-hydrogen) atoms. The molecule has 2 aromatic rings. The van der Waals surface area contributed by atoms with Crippen molar-refractivity contribution in [2.75, 3.05) is 0 Å². The molecule has 0 atom stereocenters. The molecule has 0 aliphatic rings. The third-order valence-corrected chi connectivity index (χ3v) is 3.54. The molecule has 0 amide bonds. The minimum Gasteiger partial charge on any atom is -0.207 e. The predicted molar refractivity (Wildman–Crippen MR) is 71.0 cm³/mol. The first-order chi connectivity index (χ1) is 9.44. The van der Waals surface area contributed by atoms with Gasteiger partial charge in [0, 0.05) is 4.90 Å². The van der Waals surface area contributed by atoms with E-state index >= 15 is 0 Å². The molecule has 1 radical (unpaired) electrons. The Morgan fingerprint density at radius 2 is 1.90 bits per heavy atom. The highest BCUT2D eigenvalue weighted by atomic mass is 32.2. The van der Waals surface area contributed by atoms with Crippen LogP contribution in [-0.4, -0.2) is 5.51 Å². The van der Waals surface area contributed by atoms with E-state index in [1.54, 1.807) is 24.3 Å². The van der Waals surface area contributed by atoms with Gasteiger partial charge in [-0.2, -0.15) is 13.2 Å². The fraction of sp³-hybridized carbons (Fsp3) is 0.200. The van der Waals surface area contributed by atoms with Crippen molar-refractivity contribution in [2.24, 2.45) is 0 Å². The topological polar surface area (TPSA) is 0 Å². The Morgan fingerprint density at radius 3 is 2.60 bits per heavy atom. The van der Waals surface area contributed by atoms with Gasteiger partial charge < -0.3 is 0 Å². The summed E-state index contributed by atoms with van der Waals surface area (Å²) in [7, 11) is 0. The smallest absolute Gasteiger partial charge is 0.207 e. The number of rotatable bonds is 4. The van der Waals surface area contributed by atoms with E-state index in [9.17, 15) is 17.6 Å². The summed E-state index contributed by atoms with van der Waals surface area (Å²) in [6, 6.07) is 13.3. The number of aryl methyl sites for hydroxylation is 2. The summed E-state index contributed by atoms with van der Waals surface area (Å²) in [5.74, 6) is -0.339. The summed E-state index contributed by atoms with van der Waals surface area (Å²) in [6.07, 6.45) is 0.920. The van der Waals surface area contributed by atoms with Gasteiger partial charge in [-0.1, -0.05) is 24.3 Å². The lowest BCUT2D eigenvalue weighted by Crippen LogP contribution is -2.02. The van der Waals surface area contributed by atoms with Crippen LogP contribution in [0.2, 0.25) is 0 Å². The molecule has 0 saturated carbocycles. The maximum Gasteiger partial charge on any atom is 0.446 e. The summed E-state index contributed by atoms with van der Waals surface area (Å²) in [4.78, 5) is 0.149. The van der Waals surface area contributed by atoms with Crippen LogP contribution in [0.3, 0.4) is 0 Å². The van der Waals surface area contributed by atoms with Crippen molar-refractivity contribution in [2.45, 2.75) is 23.2 Å². The Balaban J connectivity index is 2.09. The monoisotopic (exact) mass is 299 g/mol. The third-order valence-electron chi connectivity index (χ3n) is 2.71. The highest BCUT2D eigenvalue weighted by Crippen LogP contribution is 2.38. The summed E-state index contributed by atoms with van der Waals surface area (Å²) >= 11 is -0.140. The van der Waals surface area contributed by atoms with Crippen LogP contribution in [0, 0.1) is 11.9 Å². The van der Waals surface area contributed by atoms with E-state index < -0.39 is 5.51 Å². The average molecular weight is 299 g/mol. The van der Waals surface area contributed by atoms with E-state index in [-0.39, 0.29) is 22.5 Å². The number of hydrogen-bond donors (Lipinski definition) is 0. The lowest BCUT2D eigenvalue weighted by molar-refractivity contribution is -0.0328. The lowest BCUT2D eigenvalue weighted by Gasteiger charge is -2.10. The summed E-state index contributed by atoms with van der Waals surface area (Å²) in [5, 5.41) is 0. The second kappa shape index (κ2) is 6.31. The maximum absolute atomic E-state index is 13.0. The molecular formula is C15H11F4S. The van der Waals surface area contributed by atoms with Crippen LogP contribution in [0.15, 0.2) is 47.4 Å². The van der Waals surface area contributed by atoms with Gasteiger partial charge in [-0.15, -0.1) is 0 Å². The zero-order valence-electron chi connectivity index (χ0n) is 10.4. The van der Waals surface area contributed by atoms with Crippen molar-refractivity contribution in [1.29, 1.82) is 0 Å². The molecule has 0 aliphatic heterocycles. The van der Waals surface area contributed by atoms with Gasteiger partial charge in [0.05, 0.1) is 0 Å². The first kappa shape index (κ1) is 14.9. The van der Waals surface area contributed by atoms with Gasteiger partial charge in [0.2, 0.25) is 0 Å². The molecule has 105 valence electrons. The predicted octanol–water partition coefficient (Wildman–Crippen LogP) is 5.02. The molecule has 0 aliphatic carbocycles. The largest absolute Gasteiger partial charge is 0.446 e. The van der Waals surface area contributed by atoms with E-state index in [1.807, 2.05) is 0 Å². The lowest BCUT2D eigenvalue weighted by atomic mass is 10.0. The molecule has 2 aromatic carbocycles. The Kier molecular flexibility index (Phi) is 4.70. The van der Waals surface area contributed by atoms with E-state index in [0.29, 0.717) is 18.4 Å². The molecule has 0 N–H and O–H groups in total. The first-order valence-corrected chi connectivity index (χ1v) is 6.75. The Labute approximate surface area is 118 Å². The Morgan fingerprint density at radius 1 is 1.10 bits per heavy atom. The van der Waals surface area contributed by atoms with Crippen LogP contribution >= 0.6 is 11.8 Å². The second-order valence-corrected chi connectivity index (χ2v) is 5.32. The molecule has 0 fully saturated rings. The molecule has 0 heterocycles. The summed E-state index contributed by atoms with van der Waals surface area (Å²) < 4.78 is 50.3. The van der Waals surface area contributed by atoms with Crippen molar-refractivity contribution in [3.63, 3.8) is 0 Å². The van der Waals surface area contributed by atoms with Gasteiger partial charge in [-0.3, -0.25) is 0 Å². The fourth-order valence-corrected chi connectivity index (χ4v) is 2.52. The molecule has 0 unspecified atom stereocenters. The van der Waals surface area contributed by atoms with E-state index in [4.69, 9.17) is 0 Å². The van der Waals surface area contributed by atoms with Crippen molar-refractivity contribution < 1.29 is 17.6 Å². The molecule has 0 saturated heterocycles. The minimum absolute atomic E-state index is 0.140. The van der Waals surface area contributed by atoms with Gasteiger partial charge in [0.1, 0.15) is 5.82 Å². The fourth-order valence-electron chi connectivity index (χ4n) is 1.85. The summed E-state index contributed by atoms with van der Waals surface area (Å²) in [6.45, 7) is 0. The van der Waals surface area contributed by atoms with Gasteiger partial charge in [0.15, 0.2) is 0 Å². The highest BCUT2D eigenvalue weighted by Gasteiger charge is 2.30. The van der Waals surface area contributed by atoms with Crippen molar-refractivity contribution in [3.8, 4) is 0 Å². The van der Waals surface area contributed by atoms with Crippen molar-refractivity contribution >= 4 is 11.8 Å². The van der Waals surface area contributed by atoms with E-state index in [1.165, 1.54) is 18.2 Å². The van der Waals surface area contributed by atoms with Crippen molar-refractivity contribution in [3.05, 3.63) is 65.5 Å². The SMILES string of the molecule is Fc1cccc(CCc2cc[c]cc2SC(F)(F)F)c1. The molecule has 0 spiro atoms. The molecule has 2 rings (SSSR count). The van der Waals surface area contributed by atoms with Crippen LogP contribution in [0.5, 0.6) is 0 Å². The van der Waals surface area contributed by atoms with Gasteiger partial charge in [0.25, 0.3) is 0 Å². The summed E-state index contributed by atoms with van der Waals surface area (Å²) in [5.41, 5.74) is -2.96. The van der Waals surface area contributed by atoms with Crippen LogP contribution < -0.4 is 0 Å². The van der Waals surface area contributed by atoms with Crippen LogP contribution in [0.4, 0.5) is 17.6 Å². The minimum atomic E-state index is -4.32. The van der Waals surface area contributed by atoms with Crippen LogP contribution in [0.1, 0.15) is 11.1 Å². The molecule has 0 nitrogen and oxygen atoms in total. The normalized spacial score (nSPS) is 11.6. The number of alkyl halides is 3. The first-order valence-electron chi connectivity index (χ1n) is 5.93. The molecule has 5 heteroatoms. The highest BCUT2D eigenvalue weighted by molar-refractivity contribution is 8.00. The molecule has 0 aromatic heterocycles. The van der Waals surface area contributed by atoms with Gasteiger partial charge in [-0.25, -0.2) is 4.39 Å². The Hall–Kier alpha value is -1.49. The average Bonchev–Trinajstić information content (AvgIpc) is 2.36. The number of thioether (sulfide) groups is 1. The zero-order chi connectivity index (χ0) is 14.6.